The number of hydrazone groups is 1. The summed E-state index contributed by atoms with van der Waals surface area (Å²) in [7, 11) is -1.31. The summed E-state index contributed by atoms with van der Waals surface area (Å²) in [5.41, 5.74) is 2.69. The molecule has 0 spiro atoms. The minimum absolute atomic E-state index is 0.00700. The number of nitrogens with zero attached hydrogens (tertiary/aromatic N) is 2. The van der Waals surface area contributed by atoms with Gasteiger partial charge in [-0.3, -0.25) is 9.10 Å². The minimum atomic E-state index is -3.85. The Morgan fingerprint density at radius 2 is 1.90 bits per heavy atom. The summed E-state index contributed by atoms with van der Waals surface area (Å²) in [6, 6.07) is 9.32. The Bertz CT molecular complexity index is 1090. The van der Waals surface area contributed by atoms with Crippen molar-refractivity contribution < 1.29 is 36.6 Å². The van der Waals surface area contributed by atoms with Crippen LogP contribution in [0.5, 0.6) is 11.5 Å². The molecule has 0 aliphatic carbocycles. The van der Waals surface area contributed by atoms with Crippen LogP contribution in [0.1, 0.15) is 5.56 Å². The minimum Gasteiger partial charge on any atom is -0.493 e. The van der Waals surface area contributed by atoms with E-state index >= 15 is 0 Å². The molecule has 0 aromatic heterocycles. The third-order valence-electron chi connectivity index (χ3n) is 3.73. The molecule has 1 N–H and O–H groups in total. The lowest BCUT2D eigenvalue weighted by Crippen LogP contribution is -2.39. The molecule has 2 rings (SSSR count). The molecule has 31 heavy (non-hydrogen) atoms. The number of rotatable bonds is 8. The molecule has 166 valence electrons. The fourth-order valence-electron chi connectivity index (χ4n) is 2.36. The van der Waals surface area contributed by atoms with E-state index in [2.05, 4.69) is 15.3 Å². The number of methoxy groups -OCH3 is 2. The van der Waals surface area contributed by atoms with E-state index in [1.807, 2.05) is 0 Å². The second kappa shape index (κ2) is 10.4. The molecule has 0 radical (unpaired) electrons. The van der Waals surface area contributed by atoms with Crippen LogP contribution in [0.25, 0.3) is 0 Å². The van der Waals surface area contributed by atoms with Crippen molar-refractivity contribution in [1.29, 1.82) is 0 Å². The first-order valence-corrected chi connectivity index (χ1v) is 10.5. The second-order valence-corrected chi connectivity index (χ2v) is 7.92. The number of ether oxygens (including phenoxy) is 3. The number of hydrogen-bond acceptors (Lipinski definition) is 8. The second-order valence-electron chi connectivity index (χ2n) is 6.01. The first-order chi connectivity index (χ1) is 14.6. The van der Waals surface area contributed by atoms with Crippen molar-refractivity contribution in [2.24, 2.45) is 5.10 Å². The average Bonchev–Trinajstić information content (AvgIpc) is 2.72. The number of anilines is 1. The molecular weight excluding hydrogens is 433 g/mol. The van der Waals surface area contributed by atoms with E-state index < -0.39 is 34.4 Å². The zero-order valence-corrected chi connectivity index (χ0v) is 17.7. The molecule has 0 saturated carbocycles. The van der Waals surface area contributed by atoms with Crippen molar-refractivity contribution in [2.75, 3.05) is 31.3 Å². The van der Waals surface area contributed by atoms with Crippen LogP contribution in [0.15, 0.2) is 47.6 Å². The van der Waals surface area contributed by atoms with Crippen LogP contribution in [-0.2, 0) is 19.6 Å². The van der Waals surface area contributed by atoms with Gasteiger partial charge in [0.2, 0.25) is 10.0 Å². The molecule has 0 unspecified atom stereocenters. The molecular formula is C19H20FN3O7S. The highest BCUT2D eigenvalue weighted by atomic mass is 32.2. The highest BCUT2D eigenvalue weighted by Gasteiger charge is 2.21. The highest BCUT2D eigenvalue weighted by molar-refractivity contribution is 7.92. The van der Waals surface area contributed by atoms with Gasteiger partial charge in [0, 0.05) is 0 Å². The summed E-state index contributed by atoms with van der Waals surface area (Å²) in [5, 5.41) is 3.76. The van der Waals surface area contributed by atoms with Crippen LogP contribution in [0.4, 0.5) is 14.9 Å². The number of benzene rings is 2. The predicted octanol–water partition coefficient (Wildman–Crippen LogP) is 1.90. The Morgan fingerprint density at radius 3 is 2.52 bits per heavy atom. The third kappa shape index (κ3) is 6.96. The molecule has 12 heteroatoms. The maximum absolute atomic E-state index is 13.4. The number of amides is 1. The van der Waals surface area contributed by atoms with Gasteiger partial charge in [0.15, 0.2) is 11.5 Å². The Labute approximate surface area is 178 Å². The number of carbonyl (C=O) groups excluding carboxylic acids is 2. The van der Waals surface area contributed by atoms with Gasteiger partial charge >= 0.3 is 6.16 Å². The summed E-state index contributed by atoms with van der Waals surface area (Å²) < 4.78 is 52.6. The zero-order valence-electron chi connectivity index (χ0n) is 16.9. The van der Waals surface area contributed by atoms with Gasteiger partial charge in [0.1, 0.15) is 12.4 Å². The van der Waals surface area contributed by atoms with E-state index in [0.717, 1.165) is 29.8 Å². The van der Waals surface area contributed by atoms with Crippen molar-refractivity contribution in [2.45, 2.75) is 0 Å². The Hall–Kier alpha value is -3.67. The quantitative estimate of drug-likeness (QED) is 0.280. The zero-order chi connectivity index (χ0) is 23.0. The summed E-state index contributed by atoms with van der Waals surface area (Å²) in [5.74, 6) is -1.05. The molecule has 0 bridgehead atoms. The molecule has 0 atom stereocenters. The van der Waals surface area contributed by atoms with Crippen LogP contribution < -0.4 is 19.2 Å². The van der Waals surface area contributed by atoms with Crippen LogP contribution in [-0.4, -0.2) is 53.7 Å². The SMILES string of the molecule is COC(=O)Oc1ccc(/C=N\NC(=O)CN(c2cccc(F)c2)S(C)(=O)=O)cc1OC. The van der Waals surface area contributed by atoms with Crippen molar-refractivity contribution >= 4 is 34.0 Å². The summed E-state index contributed by atoms with van der Waals surface area (Å²) in [6.45, 7) is -0.602. The first-order valence-electron chi connectivity index (χ1n) is 8.63. The molecule has 0 aliphatic rings. The molecule has 0 fully saturated rings. The van der Waals surface area contributed by atoms with Crippen LogP contribution in [0, 0.1) is 5.82 Å². The monoisotopic (exact) mass is 453 g/mol. The van der Waals surface area contributed by atoms with Gasteiger partial charge in [0.05, 0.1) is 32.4 Å². The molecule has 2 aromatic carbocycles. The fraction of sp³-hybridized carbons (Fsp3) is 0.211. The highest BCUT2D eigenvalue weighted by Crippen LogP contribution is 2.27. The van der Waals surface area contributed by atoms with Crippen molar-refractivity contribution in [3.05, 3.63) is 53.8 Å². The van der Waals surface area contributed by atoms with Gasteiger partial charge in [-0.1, -0.05) is 6.07 Å². The van der Waals surface area contributed by atoms with Crippen LogP contribution >= 0.6 is 0 Å². The standard InChI is InChI=1S/C19H20FN3O7S/c1-28-17-9-13(7-8-16(17)30-19(25)29-2)11-21-22-18(24)12-23(31(3,26)27)15-6-4-5-14(20)10-15/h4-11H,12H2,1-3H3,(H,22,24)/b21-11-. The number of hydrogen-bond donors (Lipinski definition) is 1. The summed E-state index contributed by atoms with van der Waals surface area (Å²) in [6.07, 6.45) is 1.26. The molecule has 0 heterocycles. The summed E-state index contributed by atoms with van der Waals surface area (Å²) in [4.78, 5) is 23.4. The van der Waals surface area contributed by atoms with Crippen LogP contribution in [0.3, 0.4) is 0 Å². The van der Waals surface area contributed by atoms with Crippen molar-refractivity contribution in [3.63, 3.8) is 0 Å². The normalized spacial score (nSPS) is 11.1. The summed E-state index contributed by atoms with van der Waals surface area (Å²) >= 11 is 0. The van der Waals surface area contributed by atoms with Crippen LogP contribution in [0.2, 0.25) is 0 Å². The van der Waals surface area contributed by atoms with Gasteiger partial charge in [0.25, 0.3) is 5.91 Å². The molecule has 1 amide bonds. The smallest absolute Gasteiger partial charge is 0.493 e. The maximum atomic E-state index is 13.4. The average molecular weight is 453 g/mol. The topological polar surface area (TPSA) is 124 Å². The Balaban J connectivity index is 2.08. The predicted molar refractivity (Wildman–Crippen MR) is 110 cm³/mol. The van der Waals surface area contributed by atoms with Crippen molar-refractivity contribution in [3.8, 4) is 11.5 Å². The van der Waals surface area contributed by atoms with Gasteiger partial charge in [-0.25, -0.2) is 23.0 Å². The number of nitrogens with one attached hydrogen (secondary N) is 1. The number of sulfonamides is 1. The van der Waals surface area contributed by atoms with Gasteiger partial charge < -0.3 is 14.2 Å². The maximum Gasteiger partial charge on any atom is 0.513 e. The molecule has 2 aromatic rings. The van der Waals surface area contributed by atoms with E-state index in [9.17, 15) is 22.4 Å². The lowest BCUT2D eigenvalue weighted by atomic mass is 10.2. The molecule has 0 aliphatic heterocycles. The first kappa shape index (κ1) is 23.6. The van der Waals surface area contributed by atoms with Gasteiger partial charge in [-0.2, -0.15) is 5.10 Å². The Kier molecular flexibility index (Phi) is 7.91. The number of carbonyl (C=O) groups is 2. The van der Waals surface area contributed by atoms with Gasteiger partial charge in [-0.15, -0.1) is 0 Å². The lowest BCUT2D eigenvalue weighted by molar-refractivity contribution is -0.119. The van der Waals surface area contributed by atoms with Crippen molar-refractivity contribution in [1.82, 2.24) is 5.43 Å². The lowest BCUT2D eigenvalue weighted by Gasteiger charge is -2.21. The van der Waals surface area contributed by atoms with E-state index in [1.165, 1.54) is 43.7 Å². The number of halogens is 1. The molecule has 0 saturated heterocycles. The van der Waals surface area contributed by atoms with E-state index in [4.69, 9.17) is 9.47 Å². The van der Waals surface area contributed by atoms with Gasteiger partial charge in [-0.05, 0) is 42.0 Å². The fourth-order valence-corrected chi connectivity index (χ4v) is 3.20. The van der Waals surface area contributed by atoms with E-state index in [-0.39, 0.29) is 17.2 Å². The third-order valence-corrected chi connectivity index (χ3v) is 4.87. The Morgan fingerprint density at radius 1 is 1.16 bits per heavy atom. The van der Waals surface area contributed by atoms with E-state index in [1.54, 1.807) is 0 Å². The largest absolute Gasteiger partial charge is 0.513 e. The van der Waals surface area contributed by atoms with E-state index in [0.29, 0.717) is 5.56 Å². The molecule has 10 nitrogen and oxygen atoms in total.